The topological polar surface area (TPSA) is 111 Å². The molecule has 28 heavy (non-hydrogen) atoms. The van der Waals surface area contributed by atoms with Crippen molar-refractivity contribution in [1.82, 2.24) is 35.1 Å². The molecule has 0 aliphatic heterocycles. The molecule has 9 nitrogen and oxygen atoms in total. The zero-order valence-corrected chi connectivity index (χ0v) is 15.6. The Morgan fingerprint density at radius 3 is 2.96 bits per heavy atom. The SMILES string of the molecule is CCN(Cc1ncc2[nH]ccc2n1)c1nccc(Nc2cc(C3CC3)[nH]n2)n1. The van der Waals surface area contributed by atoms with Crippen LogP contribution in [0.3, 0.4) is 0 Å². The average molecular weight is 375 g/mol. The van der Waals surface area contributed by atoms with Gasteiger partial charge in [0, 0.05) is 36.6 Å². The molecule has 9 heteroatoms. The van der Waals surface area contributed by atoms with E-state index in [0.717, 1.165) is 29.2 Å². The third-order valence-electron chi connectivity index (χ3n) is 4.86. The van der Waals surface area contributed by atoms with Gasteiger partial charge in [-0.15, -0.1) is 0 Å². The van der Waals surface area contributed by atoms with Crippen molar-refractivity contribution >= 4 is 28.6 Å². The lowest BCUT2D eigenvalue weighted by atomic mass is 10.3. The molecule has 0 aromatic carbocycles. The van der Waals surface area contributed by atoms with Gasteiger partial charge in [-0.05, 0) is 31.9 Å². The molecule has 0 radical (unpaired) electrons. The highest BCUT2D eigenvalue weighted by Gasteiger charge is 2.25. The van der Waals surface area contributed by atoms with Crippen molar-refractivity contribution in [2.24, 2.45) is 0 Å². The van der Waals surface area contributed by atoms with Crippen LogP contribution < -0.4 is 10.2 Å². The quantitative estimate of drug-likeness (QED) is 0.455. The molecule has 3 N–H and O–H groups in total. The van der Waals surface area contributed by atoms with Crippen molar-refractivity contribution in [1.29, 1.82) is 0 Å². The minimum atomic E-state index is 0.537. The Labute approximate surface area is 161 Å². The van der Waals surface area contributed by atoms with Gasteiger partial charge in [-0.2, -0.15) is 10.1 Å². The second kappa shape index (κ2) is 6.91. The lowest BCUT2D eigenvalue weighted by molar-refractivity contribution is 0.756. The number of aromatic nitrogens is 7. The van der Waals surface area contributed by atoms with Crippen LogP contribution in [-0.4, -0.2) is 41.7 Å². The third kappa shape index (κ3) is 3.38. The van der Waals surface area contributed by atoms with Gasteiger partial charge in [0.1, 0.15) is 11.6 Å². The van der Waals surface area contributed by atoms with Crippen LogP contribution in [-0.2, 0) is 6.54 Å². The van der Waals surface area contributed by atoms with Crippen molar-refractivity contribution in [3.8, 4) is 0 Å². The van der Waals surface area contributed by atoms with Crippen LogP contribution >= 0.6 is 0 Å². The molecule has 1 fully saturated rings. The number of rotatable bonds is 7. The lowest BCUT2D eigenvalue weighted by Gasteiger charge is -2.20. The van der Waals surface area contributed by atoms with Gasteiger partial charge >= 0.3 is 0 Å². The van der Waals surface area contributed by atoms with Crippen LogP contribution in [0.4, 0.5) is 17.6 Å². The highest BCUT2D eigenvalue weighted by atomic mass is 15.3. The van der Waals surface area contributed by atoms with Gasteiger partial charge in [-0.1, -0.05) is 0 Å². The highest BCUT2D eigenvalue weighted by molar-refractivity contribution is 5.73. The molecule has 0 unspecified atom stereocenters. The van der Waals surface area contributed by atoms with Crippen molar-refractivity contribution < 1.29 is 0 Å². The van der Waals surface area contributed by atoms with Gasteiger partial charge in [0.05, 0.1) is 23.8 Å². The first-order chi connectivity index (χ1) is 13.8. The Balaban J connectivity index is 1.33. The second-order valence-electron chi connectivity index (χ2n) is 6.93. The number of hydrogen-bond acceptors (Lipinski definition) is 7. The second-order valence-corrected chi connectivity index (χ2v) is 6.93. The monoisotopic (exact) mass is 375 g/mol. The van der Waals surface area contributed by atoms with E-state index in [2.05, 4.69) is 53.4 Å². The van der Waals surface area contributed by atoms with E-state index in [1.54, 1.807) is 12.4 Å². The fourth-order valence-electron chi connectivity index (χ4n) is 3.16. The fraction of sp³-hybridized carbons (Fsp3) is 0.316. The molecule has 142 valence electrons. The Morgan fingerprint density at radius 2 is 2.11 bits per heavy atom. The summed E-state index contributed by atoms with van der Waals surface area (Å²) in [6.07, 6.45) is 7.89. The molecule has 4 aromatic rings. The van der Waals surface area contributed by atoms with E-state index in [0.29, 0.717) is 24.2 Å². The van der Waals surface area contributed by atoms with Crippen LogP contribution in [0.2, 0.25) is 0 Å². The van der Waals surface area contributed by atoms with Gasteiger partial charge in [-0.25, -0.2) is 15.0 Å². The zero-order valence-electron chi connectivity index (χ0n) is 15.6. The molecule has 1 aliphatic carbocycles. The Morgan fingerprint density at radius 1 is 1.18 bits per heavy atom. The molecule has 0 spiro atoms. The van der Waals surface area contributed by atoms with Gasteiger partial charge in [-0.3, -0.25) is 5.10 Å². The highest BCUT2D eigenvalue weighted by Crippen LogP contribution is 2.39. The van der Waals surface area contributed by atoms with Gasteiger partial charge in [0.2, 0.25) is 5.95 Å². The summed E-state index contributed by atoms with van der Waals surface area (Å²) in [7, 11) is 0. The number of fused-ring (bicyclic) bond motifs is 1. The van der Waals surface area contributed by atoms with Gasteiger partial charge < -0.3 is 15.2 Å². The summed E-state index contributed by atoms with van der Waals surface area (Å²) in [5.74, 6) is 3.48. The summed E-state index contributed by atoms with van der Waals surface area (Å²) in [6.45, 7) is 3.34. The van der Waals surface area contributed by atoms with Crippen molar-refractivity contribution in [3.63, 3.8) is 0 Å². The smallest absolute Gasteiger partial charge is 0.227 e. The van der Waals surface area contributed by atoms with Crippen LogP contribution in [0.25, 0.3) is 11.0 Å². The number of nitrogens with zero attached hydrogens (tertiary/aromatic N) is 6. The molecular weight excluding hydrogens is 354 g/mol. The van der Waals surface area contributed by atoms with Crippen LogP contribution in [0.5, 0.6) is 0 Å². The minimum Gasteiger partial charge on any atom is -0.359 e. The first-order valence-corrected chi connectivity index (χ1v) is 9.48. The number of H-pyrrole nitrogens is 2. The Hall–Kier alpha value is -3.49. The van der Waals surface area contributed by atoms with E-state index in [1.807, 2.05) is 23.2 Å². The first-order valence-electron chi connectivity index (χ1n) is 9.48. The number of nitrogens with one attached hydrogen (secondary N) is 3. The van der Waals surface area contributed by atoms with E-state index in [9.17, 15) is 0 Å². The summed E-state index contributed by atoms with van der Waals surface area (Å²) in [4.78, 5) is 23.3. The van der Waals surface area contributed by atoms with Crippen molar-refractivity contribution in [3.05, 3.63) is 48.3 Å². The van der Waals surface area contributed by atoms with E-state index in [-0.39, 0.29) is 0 Å². The van der Waals surface area contributed by atoms with E-state index in [1.165, 1.54) is 18.5 Å². The molecule has 1 aliphatic rings. The predicted molar refractivity (Wildman–Crippen MR) is 106 cm³/mol. The standard InChI is InChI=1S/C19H21N9/c1-2-28(11-18-22-10-15-13(23-18)5-7-20-15)19-21-8-6-16(25-19)24-17-9-14(26-27-17)12-3-4-12/h5-10,12,20H,2-4,11H2,1H3,(H2,21,24,25,26,27). The van der Waals surface area contributed by atoms with Crippen molar-refractivity contribution in [2.45, 2.75) is 32.2 Å². The normalized spacial score (nSPS) is 13.8. The molecule has 1 saturated carbocycles. The maximum atomic E-state index is 4.65. The van der Waals surface area contributed by atoms with Gasteiger partial charge in [0.25, 0.3) is 0 Å². The van der Waals surface area contributed by atoms with E-state index in [4.69, 9.17) is 0 Å². The molecule has 0 saturated heterocycles. The maximum absolute atomic E-state index is 4.65. The summed E-state index contributed by atoms with van der Waals surface area (Å²) in [5.41, 5.74) is 3.02. The molecule has 5 rings (SSSR count). The van der Waals surface area contributed by atoms with E-state index < -0.39 is 0 Å². The summed E-state index contributed by atoms with van der Waals surface area (Å²) < 4.78 is 0. The fourth-order valence-corrected chi connectivity index (χ4v) is 3.16. The van der Waals surface area contributed by atoms with Gasteiger partial charge in [0.15, 0.2) is 5.82 Å². The molecule has 4 heterocycles. The molecule has 0 amide bonds. The molecular formula is C19H21N9. The van der Waals surface area contributed by atoms with E-state index >= 15 is 0 Å². The summed E-state index contributed by atoms with van der Waals surface area (Å²) in [6, 6.07) is 5.83. The molecule has 0 bridgehead atoms. The van der Waals surface area contributed by atoms with Crippen LogP contribution in [0, 0.1) is 0 Å². The third-order valence-corrected chi connectivity index (χ3v) is 4.86. The summed E-state index contributed by atoms with van der Waals surface area (Å²) in [5, 5.41) is 10.7. The average Bonchev–Trinajstić information content (AvgIpc) is 3.28. The van der Waals surface area contributed by atoms with Crippen LogP contribution in [0.15, 0.2) is 36.8 Å². The predicted octanol–water partition coefficient (Wildman–Crippen LogP) is 3.12. The minimum absolute atomic E-state index is 0.537. The zero-order chi connectivity index (χ0) is 18.9. The van der Waals surface area contributed by atoms with Crippen molar-refractivity contribution in [2.75, 3.05) is 16.8 Å². The largest absolute Gasteiger partial charge is 0.359 e. The Bertz CT molecular complexity index is 1100. The summed E-state index contributed by atoms with van der Waals surface area (Å²) >= 11 is 0. The number of anilines is 3. The Kier molecular flexibility index (Phi) is 4.12. The number of hydrogen-bond donors (Lipinski definition) is 3. The lowest BCUT2D eigenvalue weighted by Crippen LogP contribution is -2.25. The maximum Gasteiger partial charge on any atom is 0.227 e. The number of aromatic amines is 2. The molecule has 4 aromatic heterocycles. The van der Waals surface area contributed by atoms with Crippen LogP contribution in [0.1, 0.15) is 37.2 Å². The first kappa shape index (κ1) is 16.7. The molecule has 0 atom stereocenters.